The Labute approximate surface area is 62.5 Å². The number of nitrogens with zero attached hydrogens (tertiary/aromatic N) is 1. The Hall–Kier alpha value is -0.0500. The summed E-state index contributed by atoms with van der Waals surface area (Å²) in [6, 6.07) is 0. The highest BCUT2D eigenvalue weighted by molar-refractivity contribution is 4.60. The molecule has 1 atom stereocenters. The van der Waals surface area contributed by atoms with E-state index in [0.717, 1.165) is 17.7 Å². The zero-order chi connectivity index (χ0) is 6.04. The summed E-state index contributed by atoms with van der Waals surface area (Å²) < 4.78 is 0.972. The second-order valence-corrected chi connectivity index (χ2v) is 2.54. The Morgan fingerprint density at radius 3 is 2.56 bits per heavy atom. The van der Waals surface area contributed by atoms with E-state index in [-0.39, 0.29) is 12.4 Å². The van der Waals surface area contributed by atoms with Gasteiger partial charge in [0.05, 0.1) is 26.3 Å². The number of nitrogens with one attached hydrogen (secondary N) is 1. The third-order valence-corrected chi connectivity index (χ3v) is 1.71. The van der Waals surface area contributed by atoms with E-state index in [9.17, 15) is 0 Å². The predicted molar refractivity (Wildman–Crippen MR) is 34.1 cm³/mol. The molecule has 0 amide bonds. The summed E-state index contributed by atoms with van der Waals surface area (Å²) in [6.07, 6.45) is 1.99. The summed E-state index contributed by atoms with van der Waals surface area (Å²) in [5.74, 6) is 0. The van der Waals surface area contributed by atoms with Gasteiger partial charge >= 0.3 is 0 Å². The summed E-state index contributed by atoms with van der Waals surface area (Å²) >= 11 is 0. The van der Waals surface area contributed by atoms with Crippen molar-refractivity contribution in [2.45, 2.75) is 0 Å². The molecule has 0 aromatic carbocycles. The standard InChI is InChI=1S/C6H13N2.ClH/c1-3-8(2)5-4-7-6-8;/h3,7H,1,4-6H2,2H3;1H/q+1;/p-1. The maximum Gasteiger partial charge on any atom is 0.136 e. The van der Waals surface area contributed by atoms with Gasteiger partial charge in [-0.1, -0.05) is 0 Å². The molecule has 1 aliphatic heterocycles. The van der Waals surface area contributed by atoms with Crippen molar-refractivity contribution in [1.29, 1.82) is 0 Å². The predicted octanol–water partition coefficient (Wildman–Crippen LogP) is -2.86. The maximum atomic E-state index is 3.75. The molecule has 1 fully saturated rings. The molecule has 0 aliphatic carbocycles. The number of halogens is 1. The van der Waals surface area contributed by atoms with Crippen LogP contribution in [0, 0.1) is 0 Å². The lowest BCUT2D eigenvalue weighted by Gasteiger charge is -2.21. The molecule has 0 spiro atoms. The van der Waals surface area contributed by atoms with Crippen molar-refractivity contribution in [1.82, 2.24) is 5.32 Å². The number of rotatable bonds is 1. The lowest BCUT2D eigenvalue weighted by atomic mass is 10.5. The van der Waals surface area contributed by atoms with Gasteiger partial charge in [-0.3, -0.25) is 9.80 Å². The van der Waals surface area contributed by atoms with Gasteiger partial charge < -0.3 is 12.4 Å². The van der Waals surface area contributed by atoms with Crippen LogP contribution >= 0.6 is 0 Å². The molecule has 0 radical (unpaired) electrons. The van der Waals surface area contributed by atoms with Crippen molar-refractivity contribution >= 4 is 0 Å². The molecule has 1 N–H and O–H groups in total. The van der Waals surface area contributed by atoms with Gasteiger partial charge in [0, 0.05) is 0 Å². The molecule has 9 heavy (non-hydrogen) atoms. The van der Waals surface area contributed by atoms with Crippen molar-refractivity contribution in [2.75, 3.05) is 26.8 Å². The van der Waals surface area contributed by atoms with Gasteiger partial charge in [0.2, 0.25) is 0 Å². The third kappa shape index (κ3) is 1.97. The molecule has 2 nitrogen and oxygen atoms in total. The van der Waals surface area contributed by atoms with Crippen LogP contribution in [-0.4, -0.2) is 31.3 Å². The molecule has 1 saturated heterocycles. The van der Waals surface area contributed by atoms with Crippen LogP contribution in [0.4, 0.5) is 0 Å². The number of quaternary nitrogens is 1. The number of likely N-dealkylation sites (N-methyl/N-ethyl adjacent to an activating group) is 1. The Kier molecular flexibility index (Phi) is 3.18. The third-order valence-electron chi connectivity index (χ3n) is 1.71. The van der Waals surface area contributed by atoms with Gasteiger partial charge in [-0.15, -0.1) is 0 Å². The van der Waals surface area contributed by atoms with Crippen molar-refractivity contribution in [3.8, 4) is 0 Å². The number of hydrogen-bond acceptors (Lipinski definition) is 1. The Bertz CT molecular complexity index is 97.2. The van der Waals surface area contributed by atoms with Crippen LogP contribution in [0.1, 0.15) is 0 Å². The molecular weight excluding hydrogens is 136 g/mol. The molecule has 1 rings (SSSR count). The molecule has 0 saturated carbocycles. The van der Waals surface area contributed by atoms with Gasteiger partial charge in [0.15, 0.2) is 0 Å². The van der Waals surface area contributed by atoms with Crippen molar-refractivity contribution in [3.63, 3.8) is 0 Å². The molecule has 1 aliphatic rings. The van der Waals surface area contributed by atoms with E-state index in [4.69, 9.17) is 0 Å². The van der Waals surface area contributed by atoms with Gasteiger partial charge in [-0.25, -0.2) is 0 Å². The van der Waals surface area contributed by atoms with Gasteiger partial charge in [0.1, 0.15) is 6.67 Å². The van der Waals surface area contributed by atoms with Gasteiger partial charge in [-0.05, 0) is 6.58 Å². The molecule has 1 heterocycles. The Morgan fingerprint density at radius 2 is 2.33 bits per heavy atom. The fraction of sp³-hybridized carbons (Fsp3) is 0.667. The zero-order valence-corrected chi connectivity index (χ0v) is 6.49. The summed E-state index contributed by atoms with van der Waals surface area (Å²) in [5, 5.41) is 3.26. The van der Waals surface area contributed by atoms with E-state index in [2.05, 4.69) is 18.9 Å². The fourth-order valence-corrected chi connectivity index (χ4v) is 0.904. The van der Waals surface area contributed by atoms with Crippen LogP contribution in [0.15, 0.2) is 12.8 Å². The van der Waals surface area contributed by atoms with Crippen LogP contribution in [0.2, 0.25) is 0 Å². The smallest absolute Gasteiger partial charge is 0.136 e. The first kappa shape index (κ1) is 8.95. The highest BCUT2D eigenvalue weighted by Crippen LogP contribution is 2.03. The van der Waals surface area contributed by atoms with E-state index < -0.39 is 0 Å². The van der Waals surface area contributed by atoms with Crippen molar-refractivity contribution < 1.29 is 16.9 Å². The van der Waals surface area contributed by atoms with E-state index >= 15 is 0 Å². The minimum absolute atomic E-state index is 0. The minimum atomic E-state index is 0. The summed E-state index contributed by atoms with van der Waals surface area (Å²) in [5.41, 5.74) is 0. The second kappa shape index (κ2) is 3.20. The van der Waals surface area contributed by atoms with Crippen LogP contribution in [0.25, 0.3) is 0 Å². The van der Waals surface area contributed by atoms with Crippen LogP contribution in [0.3, 0.4) is 0 Å². The van der Waals surface area contributed by atoms with Crippen LogP contribution in [0.5, 0.6) is 0 Å². The Morgan fingerprint density at radius 1 is 1.67 bits per heavy atom. The first-order valence-electron chi connectivity index (χ1n) is 2.95. The monoisotopic (exact) mass is 148 g/mol. The number of hydrogen-bond donors (Lipinski definition) is 1. The van der Waals surface area contributed by atoms with E-state index in [1.807, 2.05) is 6.20 Å². The van der Waals surface area contributed by atoms with E-state index in [1.165, 1.54) is 6.54 Å². The average Bonchev–Trinajstić information content (AvgIpc) is 2.17. The molecule has 0 aromatic heterocycles. The van der Waals surface area contributed by atoms with Crippen molar-refractivity contribution in [3.05, 3.63) is 12.8 Å². The van der Waals surface area contributed by atoms with E-state index in [0.29, 0.717) is 0 Å². The summed E-state index contributed by atoms with van der Waals surface area (Å²) in [7, 11) is 2.17. The fourth-order valence-electron chi connectivity index (χ4n) is 0.904. The van der Waals surface area contributed by atoms with E-state index in [1.54, 1.807) is 0 Å². The second-order valence-electron chi connectivity index (χ2n) is 2.54. The first-order valence-corrected chi connectivity index (χ1v) is 2.95. The van der Waals surface area contributed by atoms with Crippen LogP contribution in [-0.2, 0) is 0 Å². The SMILES string of the molecule is C=C[N+]1(C)CCNC1.[Cl-]. The molecule has 54 valence electrons. The highest BCUT2D eigenvalue weighted by atomic mass is 35.5. The molecule has 0 bridgehead atoms. The topological polar surface area (TPSA) is 12.0 Å². The lowest BCUT2D eigenvalue weighted by Crippen LogP contribution is -3.00. The zero-order valence-electron chi connectivity index (χ0n) is 5.73. The first-order chi connectivity index (χ1) is 3.77. The average molecular weight is 149 g/mol. The Balaban J connectivity index is 0.000000640. The molecule has 3 heteroatoms. The van der Waals surface area contributed by atoms with Crippen LogP contribution < -0.4 is 17.7 Å². The van der Waals surface area contributed by atoms with Crippen molar-refractivity contribution in [2.24, 2.45) is 0 Å². The minimum Gasteiger partial charge on any atom is -1.00 e. The summed E-state index contributed by atoms with van der Waals surface area (Å²) in [6.45, 7) is 7.10. The quantitative estimate of drug-likeness (QED) is 0.395. The molecule has 0 aromatic rings. The van der Waals surface area contributed by atoms with Gasteiger partial charge in [-0.2, -0.15) is 0 Å². The lowest BCUT2D eigenvalue weighted by molar-refractivity contribution is -0.846. The largest absolute Gasteiger partial charge is 1.00 e. The van der Waals surface area contributed by atoms with Gasteiger partial charge in [0.25, 0.3) is 0 Å². The molecular formula is C6H13ClN2. The normalized spacial score (nSPS) is 33.4. The highest BCUT2D eigenvalue weighted by Gasteiger charge is 2.21. The summed E-state index contributed by atoms with van der Waals surface area (Å²) in [4.78, 5) is 0. The maximum absolute atomic E-state index is 3.75. The molecule has 1 unspecified atom stereocenters.